The summed E-state index contributed by atoms with van der Waals surface area (Å²) >= 11 is 0. The van der Waals surface area contributed by atoms with Gasteiger partial charge in [-0.2, -0.15) is 0 Å². The highest BCUT2D eigenvalue weighted by Gasteiger charge is 2.49. The predicted molar refractivity (Wildman–Crippen MR) is 245 cm³/mol. The van der Waals surface area contributed by atoms with E-state index >= 15 is 0 Å². The van der Waals surface area contributed by atoms with Crippen molar-refractivity contribution < 1.29 is 79.6 Å². The number of carbonyl (C=O) groups is 2. The molecule has 0 aliphatic carbocycles. The Morgan fingerprint density at radius 2 is 1.23 bits per heavy atom. The van der Waals surface area contributed by atoms with E-state index in [9.17, 15) is 60.7 Å². The van der Waals surface area contributed by atoms with E-state index in [1.807, 2.05) is 49.5 Å². The van der Waals surface area contributed by atoms with Crippen molar-refractivity contribution in [3.05, 3.63) is 85.1 Å². The van der Waals surface area contributed by atoms with Crippen LogP contribution in [0.4, 0.5) is 0 Å². The molecule has 66 heavy (non-hydrogen) atoms. The van der Waals surface area contributed by atoms with Gasteiger partial charge in [-0.05, 0) is 47.2 Å². The molecule has 2 fully saturated rings. The lowest BCUT2D eigenvalue weighted by Crippen LogP contribution is -2.62. The van der Waals surface area contributed by atoms with Gasteiger partial charge in [0.05, 0.1) is 85.5 Å². The summed E-state index contributed by atoms with van der Waals surface area (Å²) in [5.74, 6) is -4.77. The fourth-order valence-corrected chi connectivity index (χ4v) is 8.40. The minimum atomic E-state index is -2.20. The molecule has 0 aromatic rings. The van der Waals surface area contributed by atoms with Gasteiger partial charge in [0, 0.05) is 37.5 Å². The van der Waals surface area contributed by atoms with Crippen LogP contribution in [0.5, 0.6) is 0 Å². The standard InChI is InChI=1S/C49H77NO16/c1-30-19-17-15-13-11-9-7-8-10-12-14-16-18-20-37(65-48-47(61)44(50(5)6)46(60)33(4)64-48)26-42-38(29-51)41(57)28-49(62,66-42)27-36(54)24-40(56)39(55)22-21-34(52)23-35(53)25-43(58)63-32(3)31(2)45(30)59/h7-20,29-42,44-48,52-57,59-62H,21-28H2,1-6H3/b8-7+,11-9+,12-10+,15-13+,16-14+,19-17+,20-18+/t30-,31-,32-,33+,34+,35+,36-,37-,38+,39+,40+,41-,42-,44-,45+,46+,47-,48?,49+/m0/s1. The molecule has 3 aliphatic heterocycles. The van der Waals surface area contributed by atoms with Crippen LogP contribution >= 0.6 is 0 Å². The summed E-state index contributed by atoms with van der Waals surface area (Å²) in [6, 6.07) is -0.754. The molecule has 17 nitrogen and oxygen atoms in total. The van der Waals surface area contributed by atoms with Gasteiger partial charge in [-0.3, -0.25) is 4.79 Å². The number of allylic oxidation sites excluding steroid dienone is 12. The maximum Gasteiger partial charge on any atom is 0.308 e. The zero-order valence-electron chi connectivity index (χ0n) is 39.1. The van der Waals surface area contributed by atoms with Crippen molar-refractivity contribution in [3.63, 3.8) is 0 Å². The number of cyclic esters (lactones) is 1. The van der Waals surface area contributed by atoms with Crippen LogP contribution < -0.4 is 0 Å². The van der Waals surface area contributed by atoms with E-state index in [1.165, 1.54) is 0 Å². The molecule has 0 spiro atoms. The lowest BCUT2D eigenvalue weighted by Gasteiger charge is -2.46. The first-order chi connectivity index (χ1) is 31.2. The van der Waals surface area contributed by atoms with Crippen LogP contribution in [0.25, 0.3) is 0 Å². The second kappa shape index (κ2) is 28.3. The van der Waals surface area contributed by atoms with Gasteiger partial charge in [-0.25, -0.2) is 0 Å². The molecule has 3 rings (SSSR count). The van der Waals surface area contributed by atoms with E-state index in [1.54, 1.807) is 82.3 Å². The van der Waals surface area contributed by atoms with Crippen molar-refractivity contribution in [1.29, 1.82) is 0 Å². The minimum absolute atomic E-state index is 0.0790. The van der Waals surface area contributed by atoms with Crippen LogP contribution in [0.2, 0.25) is 0 Å². The maximum absolute atomic E-state index is 12.6. The van der Waals surface area contributed by atoms with Crippen LogP contribution in [0, 0.1) is 17.8 Å². The van der Waals surface area contributed by atoms with Crippen LogP contribution in [0.15, 0.2) is 85.1 Å². The summed E-state index contributed by atoms with van der Waals surface area (Å²) in [4.78, 5) is 26.6. The Morgan fingerprint density at radius 3 is 1.80 bits per heavy atom. The Kier molecular flexibility index (Phi) is 24.5. The first kappa shape index (κ1) is 57.1. The van der Waals surface area contributed by atoms with Crippen LogP contribution in [-0.2, 0) is 28.5 Å². The molecule has 2 saturated heterocycles. The first-order valence-electron chi connectivity index (χ1n) is 23.0. The molecule has 17 heteroatoms. The summed E-state index contributed by atoms with van der Waals surface area (Å²) < 4.78 is 23.7. The number of ether oxygens (including phenoxy) is 4. The van der Waals surface area contributed by atoms with Crippen molar-refractivity contribution in [2.45, 2.75) is 177 Å². The Labute approximate surface area is 389 Å². The average Bonchev–Trinajstić information content (AvgIpc) is 3.23. The summed E-state index contributed by atoms with van der Waals surface area (Å²) in [6.07, 6.45) is 6.67. The van der Waals surface area contributed by atoms with Crippen LogP contribution in [0.3, 0.4) is 0 Å². The van der Waals surface area contributed by atoms with Gasteiger partial charge in [0.15, 0.2) is 12.1 Å². The Morgan fingerprint density at radius 1 is 0.652 bits per heavy atom. The zero-order chi connectivity index (χ0) is 49.1. The molecule has 2 bridgehead atoms. The van der Waals surface area contributed by atoms with Crippen LogP contribution in [-0.4, -0.2) is 180 Å². The third-order valence-corrected chi connectivity index (χ3v) is 12.5. The molecule has 1 unspecified atom stereocenters. The third kappa shape index (κ3) is 18.7. The number of hydrogen-bond donors (Lipinski definition) is 10. The van der Waals surface area contributed by atoms with Crippen molar-refractivity contribution in [2.24, 2.45) is 17.8 Å². The lowest BCUT2D eigenvalue weighted by molar-refractivity contribution is -0.309. The molecular weight excluding hydrogens is 859 g/mol. The minimum Gasteiger partial charge on any atom is -0.462 e. The SMILES string of the molecule is C[C@@H]1[C@H](O)[C@@H](C)/C=C/C=C/C=C/C=C/C=C/C=C/C=C/[C@H](OC2O[C@H](C)[C@@H](O)[C@H](N(C)C)[C@@H]2O)C[C@@H]2O[C@](O)(C[C@@H](O)C[C@@H](O)[C@H](O)CC[C@@H](O)C[C@@H](O)CC(=O)O[C@H]1C)C[C@H](O)[C@H]2C=O. The van der Waals surface area contributed by atoms with Crippen molar-refractivity contribution in [3.8, 4) is 0 Å². The normalized spacial score (nSPS) is 45.1. The molecule has 0 amide bonds. The quantitative estimate of drug-likeness (QED) is 0.141. The van der Waals surface area contributed by atoms with E-state index in [2.05, 4.69) is 0 Å². The first-order valence-corrected chi connectivity index (χ1v) is 23.0. The van der Waals surface area contributed by atoms with E-state index in [-0.39, 0.29) is 31.6 Å². The van der Waals surface area contributed by atoms with E-state index in [0.717, 1.165) is 0 Å². The number of hydrogen-bond acceptors (Lipinski definition) is 17. The Bertz CT molecular complexity index is 1660. The monoisotopic (exact) mass is 936 g/mol. The van der Waals surface area contributed by atoms with Gasteiger partial charge >= 0.3 is 5.97 Å². The second-order valence-corrected chi connectivity index (χ2v) is 18.3. The fourth-order valence-electron chi connectivity index (χ4n) is 8.40. The summed E-state index contributed by atoms with van der Waals surface area (Å²) in [5, 5.41) is 109. The smallest absolute Gasteiger partial charge is 0.308 e. The van der Waals surface area contributed by atoms with E-state index in [0.29, 0.717) is 6.29 Å². The number of likely N-dealkylation sites (N-methyl/N-ethyl adjacent to an activating group) is 1. The lowest BCUT2D eigenvalue weighted by atomic mass is 9.83. The number of aldehydes is 1. The molecular formula is C49H77NO16. The largest absolute Gasteiger partial charge is 0.462 e. The highest BCUT2D eigenvalue weighted by atomic mass is 16.7. The van der Waals surface area contributed by atoms with Gasteiger partial charge in [0.1, 0.15) is 18.5 Å². The zero-order valence-corrected chi connectivity index (χ0v) is 39.1. The Balaban J connectivity index is 1.86. The summed E-state index contributed by atoms with van der Waals surface area (Å²) in [5.41, 5.74) is 0. The molecule has 0 aromatic heterocycles. The number of rotatable bonds is 4. The molecule has 374 valence electrons. The Hall–Kier alpha value is -3.24. The topological polar surface area (TPSA) is 277 Å². The third-order valence-electron chi connectivity index (χ3n) is 12.5. The number of nitrogens with zero attached hydrogens (tertiary/aromatic N) is 1. The number of carbonyl (C=O) groups excluding carboxylic acids is 2. The second-order valence-electron chi connectivity index (χ2n) is 18.3. The van der Waals surface area contributed by atoms with Crippen LogP contribution in [0.1, 0.15) is 79.1 Å². The van der Waals surface area contributed by atoms with E-state index < -0.39 is 141 Å². The molecule has 10 N–H and O–H groups in total. The van der Waals surface area contributed by atoms with E-state index in [4.69, 9.17) is 18.9 Å². The van der Waals surface area contributed by atoms with Gasteiger partial charge in [-0.15, -0.1) is 0 Å². The number of aliphatic hydroxyl groups is 10. The molecule has 3 heterocycles. The van der Waals surface area contributed by atoms with Crippen molar-refractivity contribution in [2.75, 3.05) is 14.1 Å². The van der Waals surface area contributed by atoms with Gasteiger partial charge in [0.25, 0.3) is 0 Å². The fraction of sp³-hybridized carbons (Fsp3) is 0.673. The molecule has 0 aromatic carbocycles. The number of esters is 1. The summed E-state index contributed by atoms with van der Waals surface area (Å²) in [7, 11) is 3.39. The van der Waals surface area contributed by atoms with Crippen molar-refractivity contribution in [1.82, 2.24) is 4.90 Å². The molecule has 0 radical (unpaired) electrons. The van der Waals surface area contributed by atoms with Crippen molar-refractivity contribution >= 4 is 12.3 Å². The van der Waals surface area contributed by atoms with Gasteiger partial charge in [0.2, 0.25) is 0 Å². The maximum atomic E-state index is 12.6. The number of fused-ring (bicyclic) bond motifs is 2. The average molecular weight is 936 g/mol. The van der Waals surface area contributed by atoms with Gasteiger partial charge < -0.3 is 79.7 Å². The molecule has 19 atom stereocenters. The predicted octanol–water partition coefficient (Wildman–Crippen LogP) is 1.43. The highest BCUT2D eigenvalue weighted by molar-refractivity contribution is 5.70. The molecule has 3 aliphatic rings. The molecule has 0 saturated carbocycles. The summed E-state index contributed by atoms with van der Waals surface area (Å²) in [6.45, 7) is 6.89. The number of aliphatic hydroxyl groups excluding tert-OH is 9. The van der Waals surface area contributed by atoms with Gasteiger partial charge in [-0.1, -0.05) is 98.9 Å². The highest BCUT2D eigenvalue weighted by Crippen LogP contribution is 2.37.